The zero-order chi connectivity index (χ0) is 11.6. The van der Waals surface area contributed by atoms with Crippen molar-refractivity contribution < 1.29 is 9.90 Å². The second-order valence-corrected chi connectivity index (χ2v) is 5.49. The van der Waals surface area contributed by atoms with Crippen LogP contribution in [0.2, 0.25) is 0 Å². The van der Waals surface area contributed by atoms with Crippen LogP contribution in [-0.4, -0.2) is 35.1 Å². The van der Waals surface area contributed by atoms with Crippen LogP contribution in [0.1, 0.15) is 51.9 Å². The predicted octanol–water partition coefficient (Wildman–Crippen LogP) is 2.51. The third kappa shape index (κ3) is 2.10. The van der Waals surface area contributed by atoms with Crippen LogP contribution in [0, 0.1) is 5.41 Å². The Morgan fingerprint density at radius 1 is 1.44 bits per heavy atom. The van der Waals surface area contributed by atoms with E-state index in [9.17, 15) is 9.90 Å². The Labute approximate surface area is 97.8 Å². The number of piperidine rings is 1. The first-order valence-electron chi connectivity index (χ1n) is 6.65. The first-order valence-corrected chi connectivity index (χ1v) is 6.65. The normalized spacial score (nSPS) is 32.3. The predicted molar refractivity (Wildman–Crippen MR) is 63.4 cm³/mol. The second-order valence-electron chi connectivity index (χ2n) is 5.49. The SMILES string of the molecule is CCCC1(C(=O)O)CCCN(C2CCC2)C1. The second kappa shape index (κ2) is 4.74. The van der Waals surface area contributed by atoms with Gasteiger partial charge < -0.3 is 5.11 Å². The molecule has 1 unspecified atom stereocenters. The first kappa shape index (κ1) is 11.9. The van der Waals surface area contributed by atoms with Crippen molar-refractivity contribution in [1.29, 1.82) is 0 Å². The molecule has 2 rings (SSSR count). The van der Waals surface area contributed by atoms with E-state index in [-0.39, 0.29) is 0 Å². The van der Waals surface area contributed by atoms with Gasteiger partial charge in [-0.1, -0.05) is 19.8 Å². The number of carboxylic acids is 1. The highest BCUT2D eigenvalue weighted by atomic mass is 16.4. The molecule has 1 aliphatic heterocycles. The highest BCUT2D eigenvalue weighted by molar-refractivity contribution is 5.75. The van der Waals surface area contributed by atoms with Gasteiger partial charge in [-0.3, -0.25) is 9.69 Å². The molecule has 92 valence electrons. The Morgan fingerprint density at radius 2 is 2.19 bits per heavy atom. The summed E-state index contributed by atoms with van der Waals surface area (Å²) in [6.45, 7) is 4.00. The third-order valence-electron chi connectivity index (χ3n) is 4.38. The van der Waals surface area contributed by atoms with E-state index >= 15 is 0 Å². The van der Waals surface area contributed by atoms with Crippen molar-refractivity contribution in [2.45, 2.75) is 57.9 Å². The van der Waals surface area contributed by atoms with Crippen LogP contribution in [-0.2, 0) is 4.79 Å². The minimum Gasteiger partial charge on any atom is -0.481 e. The monoisotopic (exact) mass is 225 g/mol. The fraction of sp³-hybridized carbons (Fsp3) is 0.923. The van der Waals surface area contributed by atoms with Gasteiger partial charge in [0.05, 0.1) is 5.41 Å². The van der Waals surface area contributed by atoms with E-state index in [1.807, 2.05) is 0 Å². The lowest BCUT2D eigenvalue weighted by Crippen LogP contribution is -2.53. The summed E-state index contributed by atoms with van der Waals surface area (Å²) in [5, 5.41) is 9.48. The molecule has 0 spiro atoms. The summed E-state index contributed by atoms with van der Waals surface area (Å²) < 4.78 is 0. The summed E-state index contributed by atoms with van der Waals surface area (Å²) in [5.74, 6) is -0.571. The molecular formula is C13H23NO2. The molecule has 0 aromatic heterocycles. The summed E-state index contributed by atoms with van der Waals surface area (Å²) in [6, 6.07) is 0.691. The first-order chi connectivity index (χ1) is 7.68. The minimum atomic E-state index is -0.571. The molecule has 0 aromatic carbocycles. The van der Waals surface area contributed by atoms with Gasteiger partial charge in [0.2, 0.25) is 0 Å². The van der Waals surface area contributed by atoms with Gasteiger partial charge in [0, 0.05) is 12.6 Å². The van der Waals surface area contributed by atoms with Gasteiger partial charge in [-0.15, -0.1) is 0 Å². The van der Waals surface area contributed by atoms with Crippen molar-refractivity contribution in [3.8, 4) is 0 Å². The maximum atomic E-state index is 11.5. The summed E-state index contributed by atoms with van der Waals surface area (Å²) in [7, 11) is 0. The molecule has 1 aliphatic carbocycles. The quantitative estimate of drug-likeness (QED) is 0.799. The molecule has 1 N–H and O–H groups in total. The molecule has 0 radical (unpaired) electrons. The summed E-state index contributed by atoms with van der Waals surface area (Å²) >= 11 is 0. The maximum absolute atomic E-state index is 11.5. The molecule has 0 bridgehead atoms. The summed E-state index contributed by atoms with van der Waals surface area (Å²) in [5.41, 5.74) is -0.442. The summed E-state index contributed by atoms with van der Waals surface area (Å²) in [6.07, 6.45) is 7.64. The van der Waals surface area contributed by atoms with Gasteiger partial charge in [-0.05, 0) is 38.6 Å². The van der Waals surface area contributed by atoms with Crippen LogP contribution in [0.3, 0.4) is 0 Å². The van der Waals surface area contributed by atoms with Gasteiger partial charge in [0.1, 0.15) is 0 Å². The molecule has 0 aromatic rings. The number of carboxylic acid groups (broad SMARTS) is 1. The van der Waals surface area contributed by atoms with Crippen molar-refractivity contribution in [2.24, 2.45) is 5.41 Å². The van der Waals surface area contributed by atoms with E-state index in [0.29, 0.717) is 6.04 Å². The fourth-order valence-corrected chi connectivity index (χ4v) is 3.20. The van der Waals surface area contributed by atoms with Crippen LogP contribution in [0.4, 0.5) is 0 Å². The van der Waals surface area contributed by atoms with Gasteiger partial charge >= 0.3 is 5.97 Å². The standard InChI is InChI=1S/C13H23NO2/c1-2-7-13(12(15)16)8-4-9-14(10-13)11-5-3-6-11/h11H,2-10H2,1H3,(H,15,16). The minimum absolute atomic E-state index is 0.442. The molecule has 2 fully saturated rings. The summed E-state index contributed by atoms with van der Waals surface area (Å²) in [4.78, 5) is 14.0. The molecule has 1 saturated heterocycles. The van der Waals surface area contributed by atoms with E-state index < -0.39 is 11.4 Å². The lowest BCUT2D eigenvalue weighted by atomic mass is 9.75. The van der Waals surface area contributed by atoms with Crippen molar-refractivity contribution in [3.63, 3.8) is 0 Å². The molecule has 0 amide bonds. The van der Waals surface area contributed by atoms with Crippen molar-refractivity contribution in [1.82, 2.24) is 4.90 Å². The fourth-order valence-electron chi connectivity index (χ4n) is 3.20. The number of nitrogens with zero attached hydrogens (tertiary/aromatic N) is 1. The molecule has 2 aliphatic rings. The number of likely N-dealkylation sites (tertiary alicyclic amines) is 1. The number of aliphatic carboxylic acids is 1. The Kier molecular flexibility index (Phi) is 3.53. The lowest BCUT2D eigenvalue weighted by Gasteiger charge is -2.46. The van der Waals surface area contributed by atoms with Gasteiger partial charge in [-0.25, -0.2) is 0 Å². The number of hydrogen-bond acceptors (Lipinski definition) is 2. The largest absolute Gasteiger partial charge is 0.481 e. The topological polar surface area (TPSA) is 40.5 Å². The third-order valence-corrected chi connectivity index (χ3v) is 4.38. The zero-order valence-electron chi connectivity index (χ0n) is 10.2. The lowest BCUT2D eigenvalue weighted by molar-refractivity contribution is -0.154. The van der Waals surface area contributed by atoms with E-state index in [0.717, 1.165) is 38.8 Å². The van der Waals surface area contributed by atoms with E-state index in [2.05, 4.69) is 11.8 Å². The Hall–Kier alpha value is -0.570. The molecule has 1 saturated carbocycles. The van der Waals surface area contributed by atoms with Crippen LogP contribution in [0.15, 0.2) is 0 Å². The van der Waals surface area contributed by atoms with E-state index in [1.54, 1.807) is 0 Å². The number of hydrogen-bond donors (Lipinski definition) is 1. The molecule has 3 nitrogen and oxygen atoms in total. The van der Waals surface area contributed by atoms with Crippen LogP contribution in [0.5, 0.6) is 0 Å². The van der Waals surface area contributed by atoms with Gasteiger partial charge in [-0.2, -0.15) is 0 Å². The number of rotatable bonds is 4. The zero-order valence-corrected chi connectivity index (χ0v) is 10.2. The van der Waals surface area contributed by atoms with Gasteiger partial charge in [0.15, 0.2) is 0 Å². The average molecular weight is 225 g/mol. The average Bonchev–Trinajstić information content (AvgIpc) is 2.15. The van der Waals surface area contributed by atoms with Crippen LogP contribution >= 0.6 is 0 Å². The molecular weight excluding hydrogens is 202 g/mol. The van der Waals surface area contributed by atoms with E-state index in [4.69, 9.17) is 0 Å². The van der Waals surface area contributed by atoms with Gasteiger partial charge in [0.25, 0.3) is 0 Å². The Balaban J connectivity index is 2.03. The Morgan fingerprint density at radius 3 is 2.69 bits per heavy atom. The number of carbonyl (C=O) groups is 1. The van der Waals surface area contributed by atoms with Crippen molar-refractivity contribution in [2.75, 3.05) is 13.1 Å². The highest BCUT2D eigenvalue weighted by Crippen LogP contribution is 2.38. The molecule has 3 heteroatoms. The maximum Gasteiger partial charge on any atom is 0.310 e. The Bertz CT molecular complexity index is 259. The molecule has 1 atom stereocenters. The molecule has 1 heterocycles. The van der Waals surface area contributed by atoms with Crippen molar-refractivity contribution in [3.05, 3.63) is 0 Å². The van der Waals surface area contributed by atoms with Crippen molar-refractivity contribution >= 4 is 5.97 Å². The highest BCUT2D eigenvalue weighted by Gasteiger charge is 2.43. The smallest absolute Gasteiger partial charge is 0.310 e. The molecule has 16 heavy (non-hydrogen) atoms. The van der Waals surface area contributed by atoms with Crippen LogP contribution < -0.4 is 0 Å². The van der Waals surface area contributed by atoms with E-state index in [1.165, 1.54) is 19.3 Å². The van der Waals surface area contributed by atoms with Crippen LogP contribution in [0.25, 0.3) is 0 Å².